The Morgan fingerprint density at radius 3 is 2.39 bits per heavy atom. The topological polar surface area (TPSA) is 86.9 Å². The lowest BCUT2D eigenvalue weighted by Crippen LogP contribution is -2.48. The highest BCUT2D eigenvalue weighted by atomic mass is 19.1. The van der Waals surface area contributed by atoms with E-state index in [1.54, 1.807) is 42.6 Å². The summed E-state index contributed by atoms with van der Waals surface area (Å²) in [6.07, 6.45) is 1.79. The molecule has 196 valence electrons. The fourth-order valence-corrected chi connectivity index (χ4v) is 4.78. The number of halogens is 1. The molecule has 0 amide bonds. The molecule has 38 heavy (non-hydrogen) atoms. The number of aromatic nitrogens is 1. The first kappa shape index (κ1) is 25.3. The summed E-state index contributed by atoms with van der Waals surface area (Å²) in [5.41, 5.74) is 2.64. The zero-order chi connectivity index (χ0) is 26.9. The van der Waals surface area contributed by atoms with Crippen LogP contribution in [0.2, 0.25) is 0 Å². The SMILES string of the molecule is CCOc1cc([C@H](c2c[nH]c3ccccc23)C2C(=O)OC(C)(C)OC2=O)ccc1OCc1ccccc1F. The van der Waals surface area contributed by atoms with Gasteiger partial charge >= 0.3 is 11.9 Å². The molecule has 1 aliphatic rings. The van der Waals surface area contributed by atoms with E-state index in [1.165, 1.54) is 19.9 Å². The standard InChI is InChI=1S/C30H28FNO6/c1-4-35-25-15-18(13-14-24(25)36-17-19-9-5-7-11-22(19)31)26(21-16-32-23-12-8-6-10-20(21)23)27-28(33)37-30(2,3)38-29(27)34/h5-16,26-27,32H,4,17H2,1-3H3/t26-/m1/s1. The lowest BCUT2D eigenvalue weighted by Gasteiger charge is -2.36. The number of H-pyrrole nitrogens is 1. The number of esters is 2. The molecule has 7 nitrogen and oxygen atoms in total. The Bertz CT molecular complexity index is 1470. The first-order valence-electron chi connectivity index (χ1n) is 12.4. The second-order valence-corrected chi connectivity index (χ2v) is 9.51. The molecule has 2 heterocycles. The highest BCUT2D eigenvalue weighted by molar-refractivity contribution is 5.99. The van der Waals surface area contributed by atoms with E-state index in [0.29, 0.717) is 29.2 Å². The summed E-state index contributed by atoms with van der Waals surface area (Å²) in [6.45, 7) is 5.24. The van der Waals surface area contributed by atoms with Gasteiger partial charge in [0.1, 0.15) is 12.4 Å². The van der Waals surface area contributed by atoms with Crippen LogP contribution < -0.4 is 9.47 Å². The molecule has 1 N–H and O–H groups in total. The summed E-state index contributed by atoms with van der Waals surface area (Å²) in [5, 5.41) is 0.862. The predicted molar refractivity (Wildman–Crippen MR) is 138 cm³/mol. The number of rotatable bonds is 8. The average molecular weight is 518 g/mol. The molecule has 1 fully saturated rings. The first-order chi connectivity index (χ1) is 18.3. The van der Waals surface area contributed by atoms with E-state index in [-0.39, 0.29) is 12.4 Å². The third-order valence-corrected chi connectivity index (χ3v) is 6.46. The van der Waals surface area contributed by atoms with Crippen LogP contribution in [-0.2, 0) is 25.7 Å². The molecule has 1 aromatic heterocycles. The molecule has 4 aromatic rings. The quantitative estimate of drug-likeness (QED) is 0.232. The minimum absolute atomic E-state index is 0.00826. The molecule has 1 saturated heterocycles. The minimum atomic E-state index is -1.35. The van der Waals surface area contributed by atoms with Crippen LogP contribution in [0.4, 0.5) is 4.39 Å². The van der Waals surface area contributed by atoms with Crippen molar-refractivity contribution in [1.82, 2.24) is 4.98 Å². The van der Waals surface area contributed by atoms with Crippen molar-refractivity contribution >= 4 is 22.8 Å². The number of cyclic esters (lactones) is 2. The lowest BCUT2D eigenvalue weighted by atomic mass is 9.80. The van der Waals surface area contributed by atoms with Gasteiger partial charge in [-0.1, -0.05) is 42.5 Å². The normalized spacial score (nSPS) is 16.1. The zero-order valence-corrected chi connectivity index (χ0v) is 21.3. The summed E-state index contributed by atoms with van der Waals surface area (Å²) in [7, 11) is 0. The molecule has 0 unspecified atom stereocenters. The number of nitrogens with one attached hydrogen (secondary N) is 1. The van der Waals surface area contributed by atoms with E-state index in [4.69, 9.17) is 18.9 Å². The third kappa shape index (κ3) is 4.94. The Morgan fingerprint density at radius 2 is 1.66 bits per heavy atom. The molecule has 0 spiro atoms. The molecule has 8 heteroatoms. The van der Waals surface area contributed by atoms with Gasteiger partial charge in [-0.05, 0) is 42.3 Å². The molecular weight excluding hydrogens is 489 g/mol. The molecule has 0 saturated carbocycles. The van der Waals surface area contributed by atoms with Crippen LogP contribution in [0.15, 0.2) is 72.9 Å². The van der Waals surface area contributed by atoms with Crippen LogP contribution in [0.5, 0.6) is 11.5 Å². The van der Waals surface area contributed by atoms with Gasteiger partial charge in [0.2, 0.25) is 0 Å². The largest absolute Gasteiger partial charge is 0.490 e. The zero-order valence-electron chi connectivity index (χ0n) is 21.3. The van der Waals surface area contributed by atoms with E-state index in [2.05, 4.69) is 4.98 Å². The van der Waals surface area contributed by atoms with E-state index in [9.17, 15) is 14.0 Å². The van der Waals surface area contributed by atoms with Crippen molar-refractivity contribution in [3.63, 3.8) is 0 Å². The van der Waals surface area contributed by atoms with E-state index < -0.39 is 29.6 Å². The van der Waals surface area contributed by atoms with Crippen molar-refractivity contribution in [2.75, 3.05) is 6.61 Å². The Kier molecular flexibility index (Phi) is 6.80. The van der Waals surface area contributed by atoms with Gasteiger partial charge in [0, 0.05) is 42.4 Å². The van der Waals surface area contributed by atoms with Gasteiger partial charge in [0.25, 0.3) is 5.79 Å². The van der Waals surface area contributed by atoms with Crippen molar-refractivity contribution in [2.24, 2.45) is 5.92 Å². The molecule has 0 aliphatic carbocycles. The van der Waals surface area contributed by atoms with Crippen molar-refractivity contribution in [2.45, 2.75) is 39.1 Å². The number of carbonyl (C=O) groups excluding carboxylic acids is 2. The summed E-state index contributed by atoms with van der Waals surface area (Å²) in [4.78, 5) is 29.6. The van der Waals surface area contributed by atoms with Crippen LogP contribution in [0.25, 0.3) is 10.9 Å². The second-order valence-electron chi connectivity index (χ2n) is 9.51. The third-order valence-electron chi connectivity index (χ3n) is 6.46. The van der Waals surface area contributed by atoms with Crippen molar-refractivity contribution in [1.29, 1.82) is 0 Å². The number of hydrogen-bond acceptors (Lipinski definition) is 6. The van der Waals surface area contributed by atoms with E-state index in [0.717, 1.165) is 16.5 Å². The first-order valence-corrected chi connectivity index (χ1v) is 12.4. The van der Waals surface area contributed by atoms with Gasteiger partial charge in [-0.2, -0.15) is 0 Å². The number of carbonyl (C=O) groups is 2. The van der Waals surface area contributed by atoms with Crippen LogP contribution in [0.3, 0.4) is 0 Å². The van der Waals surface area contributed by atoms with Crippen molar-refractivity contribution in [3.8, 4) is 11.5 Å². The number of aromatic amines is 1. The molecule has 1 aliphatic heterocycles. The van der Waals surface area contributed by atoms with Gasteiger partial charge in [-0.25, -0.2) is 4.39 Å². The fraction of sp³-hybridized carbons (Fsp3) is 0.267. The van der Waals surface area contributed by atoms with Crippen LogP contribution in [0.1, 0.15) is 43.4 Å². The predicted octanol–water partition coefficient (Wildman–Crippen LogP) is 5.87. The maximum absolute atomic E-state index is 14.1. The fourth-order valence-electron chi connectivity index (χ4n) is 4.78. The molecule has 0 radical (unpaired) electrons. The van der Waals surface area contributed by atoms with Crippen LogP contribution >= 0.6 is 0 Å². The Hall–Kier alpha value is -4.33. The number of benzene rings is 3. The number of fused-ring (bicyclic) bond motifs is 1. The average Bonchev–Trinajstić information content (AvgIpc) is 3.30. The molecule has 0 bridgehead atoms. The summed E-state index contributed by atoms with van der Waals surface area (Å²) in [6, 6.07) is 19.2. The van der Waals surface area contributed by atoms with Crippen LogP contribution in [0, 0.1) is 11.7 Å². The molecule has 1 atom stereocenters. The Labute approximate surface area is 219 Å². The summed E-state index contributed by atoms with van der Waals surface area (Å²) >= 11 is 0. The molecule has 5 rings (SSSR count). The highest BCUT2D eigenvalue weighted by Gasteiger charge is 2.48. The molecular formula is C30H28FNO6. The minimum Gasteiger partial charge on any atom is -0.490 e. The molecule has 3 aromatic carbocycles. The van der Waals surface area contributed by atoms with Crippen molar-refractivity contribution < 1.29 is 32.9 Å². The van der Waals surface area contributed by atoms with Gasteiger partial charge < -0.3 is 23.9 Å². The number of para-hydroxylation sites is 1. The second kappa shape index (κ2) is 10.2. The maximum atomic E-state index is 14.1. The smallest absolute Gasteiger partial charge is 0.324 e. The van der Waals surface area contributed by atoms with Crippen molar-refractivity contribution in [3.05, 3.63) is 95.4 Å². The van der Waals surface area contributed by atoms with E-state index in [1.807, 2.05) is 31.2 Å². The van der Waals surface area contributed by atoms with E-state index >= 15 is 0 Å². The summed E-state index contributed by atoms with van der Waals surface area (Å²) in [5.74, 6) is -4.20. The Morgan fingerprint density at radius 1 is 0.947 bits per heavy atom. The number of hydrogen-bond donors (Lipinski definition) is 1. The van der Waals surface area contributed by atoms with Gasteiger partial charge in [0.15, 0.2) is 17.4 Å². The van der Waals surface area contributed by atoms with Gasteiger partial charge in [-0.3, -0.25) is 9.59 Å². The Balaban J connectivity index is 1.57. The van der Waals surface area contributed by atoms with Crippen LogP contribution in [-0.4, -0.2) is 29.3 Å². The maximum Gasteiger partial charge on any atom is 0.324 e. The lowest BCUT2D eigenvalue weighted by molar-refractivity contribution is -0.240. The highest BCUT2D eigenvalue weighted by Crippen LogP contribution is 2.43. The van der Waals surface area contributed by atoms with Gasteiger partial charge in [0.05, 0.1) is 6.61 Å². The summed E-state index contributed by atoms with van der Waals surface area (Å²) < 4.78 is 36.9. The number of ether oxygens (including phenoxy) is 4. The van der Waals surface area contributed by atoms with Gasteiger partial charge in [-0.15, -0.1) is 0 Å². The monoisotopic (exact) mass is 517 g/mol.